The Bertz CT molecular complexity index is 760. The highest BCUT2D eigenvalue weighted by Crippen LogP contribution is 2.23. The minimum atomic E-state index is -0.355. The van der Waals surface area contributed by atoms with E-state index in [0.717, 1.165) is 17.7 Å². The number of carbonyl (C=O) groups excluding carboxylic acids is 1. The zero-order valence-electron chi connectivity index (χ0n) is 15.7. The zero-order chi connectivity index (χ0) is 19.1. The monoisotopic (exact) mass is 370 g/mol. The second-order valence-electron chi connectivity index (χ2n) is 6.66. The summed E-state index contributed by atoms with van der Waals surface area (Å²) >= 11 is 5.52. The van der Waals surface area contributed by atoms with Crippen molar-refractivity contribution in [3.8, 4) is 0 Å². The van der Waals surface area contributed by atoms with E-state index in [0.29, 0.717) is 16.6 Å². The topological polar surface area (TPSA) is 50.4 Å². The number of esters is 1. The van der Waals surface area contributed by atoms with Gasteiger partial charge in [-0.25, -0.2) is 4.79 Å². The van der Waals surface area contributed by atoms with Crippen LogP contribution in [0.25, 0.3) is 0 Å². The van der Waals surface area contributed by atoms with Gasteiger partial charge in [-0.3, -0.25) is 0 Å². The van der Waals surface area contributed by atoms with E-state index in [-0.39, 0.29) is 12.0 Å². The van der Waals surface area contributed by atoms with Crippen LogP contribution in [0.1, 0.15) is 47.8 Å². The van der Waals surface area contributed by atoms with Crippen molar-refractivity contribution >= 4 is 29.0 Å². The maximum Gasteiger partial charge on any atom is 0.338 e. The Morgan fingerprint density at radius 3 is 2.42 bits per heavy atom. The normalized spacial score (nSPS) is 11.7. The minimum absolute atomic E-state index is 0.125. The molecule has 0 amide bonds. The molecular weight excluding hydrogens is 344 g/mol. The van der Waals surface area contributed by atoms with Crippen molar-refractivity contribution in [3.63, 3.8) is 0 Å². The fourth-order valence-corrected chi connectivity index (χ4v) is 3.11. The first-order chi connectivity index (χ1) is 12.4. The van der Waals surface area contributed by atoms with E-state index in [9.17, 15) is 4.79 Å². The largest absolute Gasteiger partial charge is 0.465 e. The van der Waals surface area contributed by atoms with Crippen LogP contribution in [-0.2, 0) is 4.74 Å². The first-order valence-electron chi connectivity index (χ1n) is 8.72. The van der Waals surface area contributed by atoms with Crippen molar-refractivity contribution < 1.29 is 9.53 Å². The molecule has 5 heteroatoms. The molecule has 0 saturated carbocycles. The third kappa shape index (κ3) is 5.30. The quantitative estimate of drug-likeness (QED) is 0.562. The Morgan fingerprint density at radius 1 is 1.12 bits per heavy atom. The molecule has 2 aromatic carbocycles. The number of nitrogens with one attached hydrogen (secondary N) is 2. The van der Waals surface area contributed by atoms with Gasteiger partial charge in [-0.15, -0.1) is 0 Å². The third-order valence-corrected chi connectivity index (χ3v) is 4.42. The lowest BCUT2D eigenvalue weighted by Crippen LogP contribution is -2.33. The maximum absolute atomic E-state index is 11.9. The summed E-state index contributed by atoms with van der Waals surface area (Å²) in [6.07, 6.45) is 0.965. The summed E-state index contributed by atoms with van der Waals surface area (Å²) in [6.45, 7) is 6.26. The molecule has 0 heterocycles. The van der Waals surface area contributed by atoms with Crippen LogP contribution in [-0.4, -0.2) is 18.2 Å². The molecule has 1 atom stereocenters. The van der Waals surface area contributed by atoms with E-state index in [1.165, 1.54) is 12.7 Å². The molecule has 0 aromatic heterocycles. The van der Waals surface area contributed by atoms with E-state index in [1.54, 1.807) is 6.07 Å². The van der Waals surface area contributed by atoms with Crippen LogP contribution in [0.5, 0.6) is 0 Å². The third-order valence-electron chi connectivity index (χ3n) is 4.20. The Kier molecular flexibility index (Phi) is 7.16. The molecule has 0 aliphatic carbocycles. The van der Waals surface area contributed by atoms with E-state index >= 15 is 0 Å². The van der Waals surface area contributed by atoms with Crippen molar-refractivity contribution in [3.05, 3.63) is 65.2 Å². The highest BCUT2D eigenvalue weighted by Gasteiger charge is 2.16. The van der Waals surface area contributed by atoms with Gasteiger partial charge in [0.05, 0.1) is 18.7 Å². The number of carbonyl (C=O) groups is 1. The predicted molar refractivity (Wildman–Crippen MR) is 111 cm³/mol. The molecule has 0 bridgehead atoms. The Morgan fingerprint density at radius 2 is 1.81 bits per heavy atom. The summed E-state index contributed by atoms with van der Waals surface area (Å²) in [4.78, 5) is 11.9. The lowest BCUT2D eigenvalue weighted by Gasteiger charge is -2.23. The van der Waals surface area contributed by atoms with Gasteiger partial charge in [-0.05, 0) is 54.7 Å². The van der Waals surface area contributed by atoms with Crippen molar-refractivity contribution in [1.29, 1.82) is 0 Å². The van der Waals surface area contributed by atoms with Crippen LogP contribution in [0, 0.1) is 12.8 Å². The molecule has 0 aliphatic rings. The minimum Gasteiger partial charge on any atom is -0.465 e. The average Bonchev–Trinajstić information content (AvgIpc) is 2.62. The molecule has 0 saturated heterocycles. The SMILES string of the molecule is COC(=O)c1cccc(NC(=S)NC(CC(C)C)c2ccccc2)c1C. The molecule has 0 radical (unpaired) electrons. The van der Waals surface area contributed by atoms with Crippen LogP contribution >= 0.6 is 12.2 Å². The molecular formula is C21H26N2O2S. The number of methoxy groups -OCH3 is 1. The summed E-state index contributed by atoms with van der Waals surface area (Å²) in [5.74, 6) is 0.173. The first kappa shape index (κ1) is 19.9. The molecule has 138 valence electrons. The zero-order valence-corrected chi connectivity index (χ0v) is 16.5. The van der Waals surface area contributed by atoms with Gasteiger partial charge in [-0.2, -0.15) is 0 Å². The smallest absolute Gasteiger partial charge is 0.338 e. The lowest BCUT2D eigenvalue weighted by atomic mass is 9.97. The molecule has 0 spiro atoms. The van der Waals surface area contributed by atoms with Crippen LogP contribution in [0.2, 0.25) is 0 Å². The van der Waals surface area contributed by atoms with Crippen LogP contribution in [0.15, 0.2) is 48.5 Å². The van der Waals surface area contributed by atoms with E-state index in [2.05, 4.69) is 36.6 Å². The number of thiocarbonyl (C=S) groups is 1. The predicted octanol–water partition coefficient (Wildman–Crippen LogP) is 4.86. The molecule has 0 fully saturated rings. The fraction of sp³-hybridized carbons (Fsp3) is 0.333. The number of anilines is 1. The van der Waals surface area contributed by atoms with Crippen molar-refractivity contribution in [1.82, 2.24) is 5.32 Å². The van der Waals surface area contributed by atoms with Crippen LogP contribution in [0.4, 0.5) is 5.69 Å². The van der Waals surface area contributed by atoms with E-state index < -0.39 is 0 Å². The fourth-order valence-electron chi connectivity index (χ4n) is 2.85. The summed E-state index contributed by atoms with van der Waals surface area (Å²) in [5.41, 5.74) is 3.33. The second kappa shape index (κ2) is 9.34. The number of rotatable bonds is 6. The molecule has 4 nitrogen and oxygen atoms in total. The highest BCUT2D eigenvalue weighted by atomic mass is 32.1. The maximum atomic E-state index is 11.9. The summed E-state index contributed by atoms with van der Waals surface area (Å²) in [7, 11) is 1.38. The van der Waals surface area contributed by atoms with Gasteiger partial charge in [0, 0.05) is 5.69 Å². The van der Waals surface area contributed by atoms with Crippen LogP contribution < -0.4 is 10.6 Å². The van der Waals surface area contributed by atoms with Gasteiger partial charge in [0.15, 0.2) is 5.11 Å². The Labute approximate surface area is 161 Å². The van der Waals surface area contributed by atoms with E-state index in [4.69, 9.17) is 17.0 Å². The van der Waals surface area contributed by atoms with Crippen molar-refractivity contribution in [2.24, 2.45) is 5.92 Å². The van der Waals surface area contributed by atoms with Crippen molar-refractivity contribution in [2.75, 3.05) is 12.4 Å². The van der Waals surface area contributed by atoms with Gasteiger partial charge in [0.1, 0.15) is 0 Å². The molecule has 26 heavy (non-hydrogen) atoms. The lowest BCUT2D eigenvalue weighted by molar-refractivity contribution is 0.0600. The van der Waals surface area contributed by atoms with Gasteiger partial charge in [0.25, 0.3) is 0 Å². The van der Waals surface area contributed by atoms with Crippen molar-refractivity contribution in [2.45, 2.75) is 33.2 Å². The molecule has 2 rings (SSSR count). The summed E-state index contributed by atoms with van der Waals surface area (Å²) in [6, 6.07) is 15.9. The van der Waals surface area contributed by atoms with E-state index in [1.807, 2.05) is 37.3 Å². The molecule has 2 aromatic rings. The molecule has 1 unspecified atom stereocenters. The number of hydrogen-bond acceptors (Lipinski definition) is 3. The average molecular weight is 371 g/mol. The summed E-state index contributed by atoms with van der Waals surface area (Å²) < 4.78 is 4.83. The van der Waals surface area contributed by atoms with Crippen LogP contribution in [0.3, 0.4) is 0 Å². The Hall–Kier alpha value is -2.40. The molecule has 2 N–H and O–H groups in total. The number of hydrogen-bond donors (Lipinski definition) is 2. The Balaban J connectivity index is 2.15. The number of benzene rings is 2. The second-order valence-corrected chi connectivity index (χ2v) is 7.07. The van der Waals surface area contributed by atoms with Gasteiger partial charge in [-0.1, -0.05) is 50.2 Å². The highest BCUT2D eigenvalue weighted by molar-refractivity contribution is 7.80. The number of ether oxygens (including phenoxy) is 1. The standard InChI is InChI=1S/C21H26N2O2S/c1-14(2)13-19(16-9-6-5-7-10-16)23-21(26)22-18-12-8-11-17(15(18)3)20(24)25-4/h5-12,14,19H,13H2,1-4H3,(H2,22,23,26). The van der Waals surface area contributed by atoms with Gasteiger partial charge < -0.3 is 15.4 Å². The first-order valence-corrected chi connectivity index (χ1v) is 9.13. The molecule has 0 aliphatic heterocycles. The summed E-state index contributed by atoms with van der Waals surface area (Å²) in [5, 5.41) is 7.15. The van der Waals surface area contributed by atoms with Gasteiger partial charge in [0.2, 0.25) is 0 Å². The van der Waals surface area contributed by atoms with Gasteiger partial charge >= 0.3 is 5.97 Å².